The van der Waals surface area contributed by atoms with Gasteiger partial charge >= 0.3 is 18.2 Å². The molecule has 0 aliphatic heterocycles. The molecule has 5 nitrogen and oxygen atoms in total. The maximum Gasteiger partial charge on any atom is 0.389 e. The van der Waals surface area contributed by atoms with Crippen molar-refractivity contribution in [3.8, 4) is 0 Å². The van der Waals surface area contributed by atoms with Crippen LogP contribution in [-0.4, -0.2) is 35.9 Å². The first-order valence-electron chi connectivity index (χ1n) is 6.60. The van der Waals surface area contributed by atoms with Gasteiger partial charge in [-0.15, -0.1) is 0 Å². The molecule has 0 fully saturated rings. The number of hydrogen-bond acceptors (Lipinski definition) is 2. The molecule has 0 aliphatic rings. The van der Waals surface area contributed by atoms with E-state index in [1.54, 1.807) is 0 Å². The molecule has 0 aromatic carbocycles. The van der Waals surface area contributed by atoms with Crippen molar-refractivity contribution in [1.29, 1.82) is 0 Å². The van der Waals surface area contributed by atoms with Gasteiger partial charge in [0.25, 0.3) is 0 Å². The van der Waals surface area contributed by atoms with E-state index < -0.39 is 30.6 Å². The highest BCUT2D eigenvalue weighted by molar-refractivity contribution is 5.82. The standard InChI is InChI=1S/C12H21F3N2O3/c1-2-3-6-9(10(18)19)17-11(20)16-8-5-4-7-12(13,14)15/h9H,2-8H2,1H3,(H,18,19)(H2,16,17,20). The van der Waals surface area contributed by atoms with Crippen molar-refractivity contribution in [2.45, 2.75) is 57.7 Å². The van der Waals surface area contributed by atoms with Crippen LogP contribution < -0.4 is 10.6 Å². The number of nitrogens with one attached hydrogen (secondary N) is 2. The molecule has 0 aliphatic carbocycles. The van der Waals surface area contributed by atoms with Gasteiger partial charge in [-0.2, -0.15) is 13.2 Å². The smallest absolute Gasteiger partial charge is 0.389 e. The Kier molecular flexibility index (Phi) is 8.74. The molecule has 20 heavy (non-hydrogen) atoms. The van der Waals surface area contributed by atoms with E-state index in [1.165, 1.54) is 0 Å². The molecule has 8 heteroatoms. The Labute approximate surface area is 115 Å². The van der Waals surface area contributed by atoms with Crippen molar-refractivity contribution in [3.63, 3.8) is 0 Å². The number of rotatable bonds is 9. The summed E-state index contributed by atoms with van der Waals surface area (Å²) in [7, 11) is 0. The Morgan fingerprint density at radius 2 is 1.85 bits per heavy atom. The van der Waals surface area contributed by atoms with Gasteiger partial charge in [-0.1, -0.05) is 19.8 Å². The fourth-order valence-electron chi connectivity index (χ4n) is 1.53. The average molecular weight is 298 g/mol. The minimum atomic E-state index is -4.18. The van der Waals surface area contributed by atoms with Gasteiger partial charge in [-0.3, -0.25) is 0 Å². The number of alkyl halides is 3. The number of amides is 2. The van der Waals surface area contributed by atoms with Crippen molar-refractivity contribution in [3.05, 3.63) is 0 Å². The van der Waals surface area contributed by atoms with E-state index in [1.807, 2.05) is 6.92 Å². The molecule has 118 valence electrons. The quantitative estimate of drug-likeness (QED) is 0.573. The molecular formula is C12H21F3N2O3. The van der Waals surface area contributed by atoms with Crippen LogP contribution >= 0.6 is 0 Å². The van der Waals surface area contributed by atoms with Crippen LogP contribution in [0.5, 0.6) is 0 Å². The Balaban J connectivity index is 3.82. The lowest BCUT2D eigenvalue weighted by Crippen LogP contribution is -2.46. The number of aliphatic carboxylic acids is 1. The largest absolute Gasteiger partial charge is 0.480 e. The second-order valence-corrected chi connectivity index (χ2v) is 4.51. The van der Waals surface area contributed by atoms with Crippen LogP contribution in [0.4, 0.5) is 18.0 Å². The van der Waals surface area contributed by atoms with Gasteiger partial charge in [0.15, 0.2) is 0 Å². The van der Waals surface area contributed by atoms with Crippen LogP contribution in [0.15, 0.2) is 0 Å². The molecular weight excluding hydrogens is 277 g/mol. The van der Waals surface area contributed by atoms with E-state index >= 15 is 0 Å². The highest BCUT2D eigenvalue weighted by Gasteiger charge is 2.25. The molecule has 2 amide bonds. The van der Waals surface area contributed by atoms with Gasteiger partial charge in [0.05, 0.1) is 0 Å². The monoisotopic (exact) mass is 298 g/mol. The SMILES string of the molecule is CCCCC(NC(=O)NCCCCC(F)(F)F)C(=O)O. The third-order valence-electron chi connectivity index (χ3n) is 2.62. The summed E-state index contributed by atoms with van der Waals surface area (Å²) in [6.45, 7) is 1.99. The summed E-state index contributed by atoms with van der Waals surface area (Å²) < 4.78 is 35.6. The maximum absolute atomic E-state index is 11.9. The lowest BCUT2D eigenvalue weighted by Gasteiger charge is -2.14. The van der Waals surface area contributed by atoms with Crippen LogP contribution in [0.2, 0.25) is 0 Å². The number of unbranched alkanes of at least 4 members (excludes halogenated alkanes) is 2. The van der Waals surface area contributed by atoms with Gasteiger partial charge in [0.2, 0.25) is 0 Å². The predicted molar refractivity (Wildman–Crippen MR) is 67.4 cm³/mol. The van der Waals surface area contributed by atoms with E-state index in [9.17, 15) is 22.8 Å². The molecule has 0 saturated heterocycles. The minimum Gasteiger partial charge on any atom is -0.480 e. The Hall–Kier alpha value is -1.47. The summed E-state index contributed by atoms with van der Waals surface area (Å²) in [5.41, 5.74) is 0. The highest BCUT2D eigenvalue weighted by Crippen LogP contribution is 2.21. The fourth-order valence-corrected chi connectivity index (χ4v) is 1.53. The van der Waals surface area contributed by atoms with E-state index in [-0.39, 0.29) is 19.4 Å². The molecule has 0 bridgehead atoms. The second-order valence-electron chi connectivity index (χ2n) is 4.51. The molecule has 1 atom stereocenters. The molecule has 3 N–H and O–H groups in total. The lowest BCUT2D eigenvalue weighted by atomic mass is 10.1. The van der Waals surface area contributed by atoms with E-state index in [2.05, 4.69) is 10.6 Å². The van der Waals surface area contributed by atoms with Crippen LogP contribution in [0.1, 0.15) is 45.4 Å². The summed E-state index contributed by atoms with van der Waals surface area (Å²) in [6.07, 6.45) is -3.14. The number of carbonyl (C=O) groups excluding carboxylic acids is 1. The van der Waals surface area contributed by atoms with Crippen LogP contribution in [0, 0.1) is 0 Å². The third kappa shape index (κ3) is 10.5. The van der Waals surface area contributed by atoms with Crippen molar-refractivity contribution in [2.24, 2.45) is 0 Å². The van der Waals surface area contributed by atoms with Crippen LogP contribution in [0.25, 0.3) is 0 Å². The van der Waals surface area contributed by atoms with E-state index in [0.29, 0.717) is 12.8 Å². The fraction of sp³-hybridized carbons (Fsp3) is 0.833. The molecule has 0 heterocycles. The summed E-state index contributed by atoms with van der Waals surface area (Å²) >= 11 is 0. The molecule has 0 aromatic heterocycles. The van der Waals surface area contributed by atoms with Gasteiger partial charge in [0.1, 0.15) is 6.04 Å². The first-order chi connectivity index (χ1) is 9.26. The number of urea groups is 1. The molecule has 0 aromatic rings. The van der Waals surface area contributed by atoms with Crippen molar-refractivity contribution >= 4 is 12.0 Å². The minimum absolute atomic E-state index is 0.0675. The number of carboxylic acids is 1. The summed E-state index contributed by atoms with van der Waals surface area (Å²) in [6, 6.07) is -1.63. The predicted octanol–water partition coefficient (Wildman–Crippen LogP) is 2.66. The van der Waals surface area contributed by atoms with Gasteiger partial charge < -0.3 is 15.7 Å². The van der Waals surface area contributed by atoms with Gasteiger partial charge in [-0.05, 0) is 19.3 Å². The molecule has 0 spiro atoms. The highest BCUT2D eigenvalue weighted by atomic mass is 19.4. The first kappa shape index (κ1) is 18.5. The second kappa shape index (κ2) is 9.44. The van der Waals surface area contributed by atoms with Crippen molar-refractivity contribution in [1.82, 2.24) is 10.6 Å². The lowest BCUT2D eigenvalue weighted by molar-refractivity contribution is -0.139. The van der Waals surface area contributed by atoms with Crippen molar-refractivity contribution in [2.75, 3.05) is 6.54 Å². The molecule has 0 rings (SSSR count). The molecule has 0 saturated carbocycles. The van der Waals surface area contributed by atoms with Crippen LogP contribution in [0.3, 0.4) is 0 Å². The maximum atomic E-state index is 11.9. The normalized spacial score (nSPS) is 12.8. The zero-order chi connectivity index (χ0) is 15.6. The number of halogens is 3. The molecule has 0 radical (unpaired) electrons. The van der Waals surface area contributed by atoms with Gasteiger partial charge in [-0.25, -0.2) is 9.59 Å². The summed E-state index contributed by atoms with van der Waals surface area (Å²) in [5.74, 6) is -1.12. The Morgan fingerprint density at radius 3 is 2.35 bits per heavy atom. The van der Waals surface area contributed by atoms with Gasteiger partial charge in [0, 0.05) is 13.0 Å². The summed E-state index contributed by atoms with van der Waals surface area (Å²) in [4.78, 5) is 22.2. The van der Waals surface area contributed by atoms with Crippen molar-refractivity contribution < 1.29 is 27.9 Å². The zero-order valence-electron chi connectivity index (χ0n) is 11.4. The van der Waals surface area contributed by atoms with Crippen LogP contribution in [-0.2, 0) is 4.79 Å². The summed E-state index contributed by atoms with van der Waals surface area (Å²) in [5, 5.41) is 13.5. The number of hydrogen-bond donors (Lipinski definition) is 3. The number of carboxylic acid groups (broad SMARTS) is 1. The topological polar surface area (TPSA) is 78.4 Å². The number of carbonyl (C=O) groups is 2. The zero-order valence-corrected chi connectivity index (χ0v) is 11.4. The van der Waals surface area contributed by atoms with E-state index in [4.69, 9.17) is 5.11 Å². The average Bonchev–Trinajstić information content (AvgIpc) is 2.32. The molecule has 1 unspecified atom stereocenters. The Morgan fingerprint density at radius 1 is 1.20 bits per heavy atom. The van der Waals surface area contributed by atoms with E-state index in [0.717, 1.165) is 6.42 Å². The Bertz CT molecular complexity index is 309. The third-order valence-corrected chi connectivity index (χ3v) is 2.62. The first-order valence-corrected chi connectivity index (χ1v) is 6.60.